The third-order valence-corrected chi connectivity index (χ3v) is 4.37. The number of benzene rings is 1. The van der Waals surface area contributed by atoms with E-state index in [2.05, 4.69) is 24.4 Å². The fourth-order valence-electron chi connectivity index (χ4n) is 2.85. The highest BCUT2D eigenvalue weighted by Gasteiger charge is 2.16. The van der Waals surface area contributed by atoms with Crippen LogP contribution in [0.2, 0.25) is 5.02 Å². The van der Waals surface area contributed by atoms with Crippen LogP contribution in [0.15, 0.2) is 24.3 Å². The maximum atomic E-state index is 12.1. The molecule has 1 heterocycles. The van der Waals surface area contributed by atoms with Crippen LogP contribution < -0.4 is 5.32 Å². The third-order valence-electron chi connectivity index (χ3n) is 4.12. The molecule has 2 rings (SSSR count). The lowest BCUT2D eigenvalue weighted by Crippen LogP contribution is -2.37. The molecule has 0 saturated carbocycles. The van der Waals surface area contributed by atoms with E-state index in [4.69, 9.17) is 11.6 Å². The summed E-state index contributed by atoms with van der Waals surface area (Å²) in [6, 6.07) is 8.23. The molecule has 116 valence electrons. The van der Waals surface area contributed by atoms with E-state index >= 15 is 0 Å². The molecule has 1 N–H and O–H groups in total. The zero-order valence-electron chi connectivity index (χ0n) is 12.8. The molecular weight excluding hydrogens is 284 g/mol. The van der Waals surface area contributed by atoms with E-state index in [1.54, 1.807) is 0 Å². The van der Waals surface area contributed by atoms with Crippen molar-refractivity contribution >= 4 is 17.5 Å². The molecule has 3 nitrogen and oxygen atoms in total. The summed E-state index contributed by atoms with van der Waals surface area (Å²) in [5, 5.41) is 4.24. The predicted octanol–water partition coefficient (Wildman–Crippen LogP) is 3.78. The molecule has 21 heavy (non-hydrogen) atoms. The summed E-state index contributed by atoms with van der Waals surface area (Å²) in [4.78, 5) is 14.1. The van der Waals surface area contributed by atoms with E-state index in [9.17, 15) is 4.79 Å². The number of rotatable bonds is 6. The Morgan fingerprint density at radius 3 is 2.52 bits per heavy atom. The summed E-state index contributed by atoms with van der Waals surface area (Å²) >= 11 is 5.92. The molecule has 1 saturated heterocycles. The normalized spacial score (nSPS) is 16.8. The molecule has 0 bridgehead atoms. The number of carbonyl (C=O) groups is 1. The summed E-state index contributed by atoms with van der Waals surface area (Å²) in [7, 11) is 0. The zero-order valence-corrected chi connectivity index (χ0v) is 13.5. The molecular formula is C17H25ClN2O. The molecule has 1 amide bonds. The van der Waals surface area contributed by atoms with Crippen LogP contribution in [0.4, 0.5) is 0 Å². The lowest BCUT2D eigenvalue weighted by Gasteiger charge is -2.27. The second kappa shape index (κ2) is 8.40. The standard InChI is InChI=1S/C17H25ClN2O/c1-2-16(14-6-8-15(18)9-7-14)19-11-10-17(21)20-12-4-3-5-13-20/h6-9,16,19H,2-5,10-13H2,1H3. The highest BCUT2D eigenvalue weighted by molar-refractivity contribution is 6.30. The van der Waals surface area contributed by atoms with Crippen LogP contribution in [-0.2, 0) is 4.79 Å². The van der Waals surface area contributed by atoms with Gasteiger partial charge < -0.3 is 10.2 Å². The van der Waals surface area contributed by atoms with Crippen molar-refractivity contribution < 1.29 is 4.79 Å². The molecule has 1 fully saturated rings. The van der Waals surface area contributed by atoms with E-state index in [1.165, 1.54) is 12.0 Å². The average molecular weight is 309 g/mol. The molecule has 1 aliphatic rings. The van der Waals surface area contributed by atoms with Gasteiger partial charge in [0.15, 0.2) is 0 Å². The van der Waals surface area contributed by atoms with E-state index in [0.29, 0.717) is 6.42 Å². The van der Waals surface area contributed by atoms with Crippen molar-refractivity contribution in [3.8, 4) is 0 Å². The number of piperidine rings is 1. The van der Waals surface area contributed by atoms with Crippen molar-refractivity contribution in [3.63, 3.8) is 0 Å². The first-order chi connectivity index (χ1) is 10.2. The van der Waals surface area contributed by atoms with Gasteiger partial charge in [-0.05, 0) is 43.4 Å². The minimum Gasteiger partial charge on any atom is -0.343 e. The van der Waals surface area contributed by atoms with Crippen molar-refractivity contribution in [1.82, 2.24) is 10.2 Å². The molecule has 1 aromatic rings. The summed E-state index contributed by atoms with van der Waals surface area (Å²) < 4.78 is 0. The molecule has 0 spiro atoms. The van der Waals surface area contributed by atoms with Gasteiger partial charge in [0, 0.05) is 37.1 Å². The van der Waals surface area contributed by atoms with E-state index in [1.807, 2.05) is 17.0 Å². The maximum absolute atomic E-state index is 12.1. The maximum Gasteiger partial charge on any atom is 0.223 e. The predicted molar refractivity (Wildman–Crippen MR) is 87.5 cm³/mol. The Kier molecular flexibility index (Phi) is 6.52. The summed E-state index contributed by atoms with van der Waals surface area (Å²) in [6.07, 6.45) is 5.16. The van der Waals surface area contributed by atoms with Crippen LogP contribution in [0, 0.1) is 0 Å². The number of hydrogen-bond donors (Lipinski definition) is 1. The fourth-order valence-corrected chi connectivity index (χ4v) is 2.97. The average Bonchev–Trinajstić information content (AvgIpc) is 2.53. The minimum atomic E-state index is 0.285. The SMILES string of the molecule is CCC(NCCC(=O)N1CCCCC1)c1ccc(Cl)cc1. The van der Waals surface area contributed by atoms with Crippen LogP contribution in [0.3, 0.4) is 0 Å². The van der Waals surface area contributed by atoms with Gasteiger partial charge in [-0.2, -0.15) is 0 Å². The van der Waals surface area contributed by atoms with Crippen molar-refractivity contribution in [2.45, 2.75) is 45.1 Å². The van der Waals surface area contributed by atoms with Crippen molar-refractivity contribution in [1.29, 1.82) is 0 Å². The molecule has 1 unspecified atom stereocenters. The van der Waals surface area contributed by atoms with E-state index in [-0.39, 0.29) is 11.9 Å². The summed E-state index contributed by atoms with van der Waals surface area (Å²) in [6.45, 7) is 4.76. The Hall–Kier alpha value is -1.06. The van der Waals surface area contributed by atoms with Crippen LogP contribution in [0.25, 0.3) is 0 Å². The van der Waals surface area contributed by atoms with Gasteiger partial charge in [0.05, 0.1) is 0 Å². The molecule has 1 atom stereocenters. The van der Waals surface area contributed by atoms with E-state index in [0.717, 1.165) is 43.9 Å². The number of nitrogens with zero attached hydrogens (tertiary/aromatic N) is 1. The molecule has 0 aromatic heterocycles. The Morgan fingerprint density at radius 1 is 1.24 bits per heavy atom. The van der Waals surface area contributed by atoms with Gasteiger partial charge in [0.25, 0.3) is 0 Å². The number of hydrogen-bond acceptors (Lipinski definition) is 2. The molecule has 4 heteroatoms. The van der Waals surface area contributed by atoms with E-state index < -0.39 is 0 Å². The fraction of sp³-hybridized carbons (Fsp3) is 0.588. The van der Waals surface area contributed by atoms with Gasteiger partial charge in [0.2, 0.25) is 5.91 Å². The smallest absolute Gasteiger partial charge is 0.223 e. The number of likely N-dealkylation sites (tertiary alicyclic amines) is 1. The summed E-state index contributed by atoms with van der Waals surface area (Å²) in [5.74, 6) is 0.285. The Morgan fingerprint density at radius 2 is 1.90 bits per heavy atom. The molecule has 1 aromatic carbocycles. The largest absolute Gasteiger partial charge is 0.343 e. The van der Waals surface area contributed by atoms with Crippen LogP contribution in [0.1, 0.15) is 50.6 Å². The van der Waals surface area contributed by atoms with Crippen LogP contribution in [-0.4, -0.2) is 30.4 Å². The van der Waals surface area contributed by atoms with Gasteiger partial charge in [-0.3, -0.25) is 4.79 Å². The number of amides is 1. The lowest BCUT2D eigenvalue weighted by atomic mass is 10.0. The quantitative estimate of drug-likeness (QED) is 0.867. The Bertz CT molecular complexity index is 441. The van der Waals surface area contributed by atoms with Crippen molar-refractivity contribution in [2.75, 3.05) is 19.6 Å². The number of nitrogens with one attached hydrogen (secondary N) is 1. The van der Waals surface area contributed by atoms with Crippen molar-refractivity contribution in [2.24, 2.45) is 0 Å². The minimum absolute atomic E-state index is 0.285. The number of halogens is 1. The first-order valence-electron chi connectivity index (χ1n) is 7.97. The van der Waals surface area contributed by atoms with Gasteiger partial charge in [-0.25, -0.2) is 0 Å². The van der Waals surface area contributed by atoms with Crippen LogP contribution >= 0.6 is 11.6 Å². The molecule has 1 aliphatic heterocycles. The second-order valence-electron chi connectivity index (χ2n) is 5.66. The monoisotopic (exact) mass is 308 g/mol. The second-order valence-corrected chi connectivity index (χ2v) is 6.09. The third kappa shape index (κ3) is 5.01. The topological polar surface area (TPSA) is 32.3 Å². The van der Waals surface area contributed by atoms with Gasteiger partial charge in [-0.15, -0.1) is 0 Å². The highest BCUT2D eigenvalue weighted by Crippen LogP contribution is 2.19. The first kappa shape index (κ1) is 16.3. The van der Waals surface area contributed by atoms with Gasteiger partial charge in [0.1, 0.15) is 0 Å². The van der Waals surface area contributed by atoms with Gasteiger partial charge in [-0.1, -0.05) is 30.7 Å². The first-order valence-corrected chi connectivity index (χ1v) is 8.35. The van der Waals surface area contributed by atoms with Gasteiger partial charge >= 0.3 is 0 Å². The Balaban J connectivity index is 1.77. The van der Waals surface area contributed by atoms with Crippen molar-refractivity contribution in [3.05, 3.63) is 34.9 Å². The lowest BCUT2D eigenvalue weighted by molar-refractivity contribution is -0.132. The number of carbonyl (C=O) groups excluding carboxylic acids is 1. The molecule has 0 radical (unpaired) electrons. The highest BCUT2D eigenvalue weighted by atomic mass is 35.5. The molecule has 0 aliphatic carbocycles. The zero-order chi connectivity index (χ0) is 15.1. The Labute approximate surface area is 132 Å². The summed E-state index contributed by atoms with van der Waals surface area (Å²) in [5.41, 5.74) is 1.23. The van der Waals surface area contributed by atoms with Crippen LogP contribution in [0.5, 0.6) is 0 Å².